The van der Waals surface area contributed by atoms with Gasteiger partial charge in [0, 0.05) is 10.9 Å². The number of furan rings is 1. The minimum Gasteiger partial charge on any atom is -0.464 e. The van der Waals surface area contributed by atoms with Gasteiger partial charge in [0.2, 0.25) is 0 Å². The van der Waals surface area contributed by atoms with E-state index in [9.17, 15) is 0 Å². The molecular weight excluding hydrogens is 248 g/mol. The third-order valence-electron chi connectivity index (χ3n) is 3.71. The molecule has 3 rings (SSSR count). The van der Waals surface area contributed by atoms with Crippen molar-refractivity contribution in [3.05, 3.63) is 71.5 Å². The van der Waals surface area contributed by atoms with Crippen molar-refractivity contribution in [2.45, 2.75) is 19.4 Å². The first-order valence-corrected chi connectivity index (χ1v) is 6.84. The van der Waals surface area contributed by atoms with E-state index in [-0.39, 0.29) is 6.04 Å². The lowest BCUT2D eigenvalue weighted by molar-refractivity contribution is 0.586. The highest BCUT2D eigenvalue weighted by atomic mass is 16.3. The molecule has 3 aromatic rings. The first-order chi connectivity index (χ1) is 9.83. The Hall–Kier alpha value is -2.10. The lowest BCUT2D eigenvalue weighted by atomic mass is 9.97. The lowest BCUT2D eigenvalue weighted by Crippen LogP contribution is -2.28. The van der Waals surface area contributed by atoms with Gasteiger partial charge in [-0.15, -0.1) is 0 Å². The van der Waals surface area contributed by atoms with Crippen LogP contribution in [0.25, 0.3) is 11.0 Å². The molecule has 102 valence electrons. The Balaban J connectivity index is 2.04. The molecule has 0 aliphatic carbocycles. The molecule has 0 radical (unpaired) electrons. The molecule has 3 nitrogen and oxygen atoms in total. The molecule has 1 unspecified atom stereocenters. The second-order valence-electron chi connectivity index (χ2n) is 4.88. The minimum atomic E-state index is -0.0652. The van der Waals surface area contributed by atoms with E-state index >= 15 is 0 Å². The van der Waals surface area contributed by atoms with Crippen molar-refractivity contribution in [1.29, 1.82) is 0 Å². The SMILES string of the molecule is CCc1ccc(C(NN)c2coc3ccccc23)cc1. The van der Waals surface area contributed by atoms with Gasteiger partial charge in [0.1, 0.15) is 5.58 Å². The molecule has 0 bridgehead atoms. The molecule has 2 aromatic carbocycles. The van der Waals surface area contributed by atoms with Gasteiger partial charge in [-0.2, -0.15) is 0 Å². The fourth-order valence-electron chi connectivity index (χ4n) is 2.53. The molecular formula is C17H18N2O. The van der Waals surface area contributed by atoms with Crippen LogP contribution in [0.2, 0.25) is 0 Å². The summed E-state index contributed by atoms with van der Waals surface area (Å²) < 4.78 is 5.60. The normalized spacial score (nSPS) is 12.7. The number of para-hydroxylation sites is 1. The number of fused-ring (bicyclic) bond motifs is 1. The molecule has 1 atom stereocenters. The Labute approximate surface area is 118 Å². The predicted molar refractivity (Wildman–Crippen MR) is 81.2 cm³/mol. The van der Waals surface area contributed by atoms with E-state index in [0.717, 1.165) is 28.5 Å². The van der Waals surface area contributed by atoms with Gasteiger partial charge in [-0.1, -0.05) is 49.4 Å². The molecule has 0 spiro atoms. The summed E-state index contributed by atoms with van der Waals surface area (Å²) in [5.41, 5.74) is 7.29. The number of benzene rings is 2. The number of nitrogens with one attached hydrogen (secondary N) is 1. The average Bonchev–Trinajstić information content (AvgIpc) is 2.93. The number of hydrazine groups is 1. The molecule has 0 aliphatic heterocycles. The maximum Gasteiger partial charge on any atom is 0.134 e. The molecule has 3 heteroatoms. The van der Waals surface area contributed by atoms with Crippen molar-refractivity contribution in [1.82, 2.24) is 5.43 Å². The number of rotatable bonds is 4. The van der Waals surface area contributed by atoms with E-state index in [4.69, 9.17) is 10.3 Å². The molecule has 0 amide bonds. The molecule has 0 aliphatic rings. The topological polar surface area (TPSA) is 51.2 Å². The summed E-state index contributed by atoms with van der Waals surface area (Å²) in [4.78, 5) is 0. The Morgan fingerprint density at radius 2 is 1.85 bits per heavy atom. The van der Waals surface area contributed by atoms with Gasteiger partial charge in [-0.25, -0.2) is 5.43 Å². The monoisotopic (exact) mass is 266 g/mol. The van der Waals surface area contributed by atoms with E-state index in [2.05, 4.69) is 42.7 Å². The van der Waals surface area contributed by atoms with E-state index in [1.807, 2.05) is 18.2 Å². The van der Waals surface area contributed by atoms with Crippen LogP contribution < -0.4 is 11.3 Å². The van der Waals surface area contributed by atoms with Gasteiger partial charge < -0.3 is 4.42 Å². The van der Waals surface area contributed by atoms with Gasteiger partial charge in [0.05, 0.1) is 12.3 Å². The Bertz CT molecular complexity index is 700. The summed E-state index contributed by atoms with van der Waals surface area (Å²) in [5, 5.41) is 1.09. The highest BCUT2D eigenvalue weighted by Crippen LogP contribution is 2.30. The van der Waals surface area contributed by atoms with Crippen LogP contribution in [0, 0.1) is 0 Å². The van der Waals surface area contributed by atoms with Gasteiger partial charge in [-0.3, -0.25) is 5.84 Å². The van der Waals surface area contributed by atoms with Crippen LogP contribution in [-0.2, 0) is 6.42 Å². The van der Waals surface area contributed by atoms with Crippen LogP contribution in [0.4, 0.5) is 0 Å². The van der Waals surface area contributed by atoms with Crippen LogP contribution in [0.1, 0.15) is 29.7 Å². The highest BCUT2D eigenvalue weighted by molar-refractivity contribution is 5.81. The summed E-state index contributed by atoms with van der Waals surface area (Å²) in [6, 6.07) is 16.4. The zero-order valence-electron chi connectivity index (χ0n) is 11.5. The van der Waals surface area contributed by atoms with Crippen LogP contribution in [0.3, 0.4) is 0 Å². The van der Waals surface area contributed by atoms with Crippen LogP contribution in [0.15, 0.2) is 59.2 Å². The number of aryl methyl sites for hydroxylation is 1. The zero-order chi connectivity index (χ0) is 13.9. The summed E-state index contributed by atoms with van der Waals surface area (Å²) in [5.74, 6) is 5.77. The van der Waals surface area contributed by atoms with Gasteiger partial charge in [-0.05, 0) is 23.6 Å². The van der Waals surface area contributed by atoms with Crippen molar-refractivity contribution >= 4 is 11.0 Å². The summed E-state index contributed by atoms with van der Waals surface area (Å²) in [6.07, 6.45) is 2.82. The largest absolute Gasteiger partial charge is 0.464 e. The Kier molecular flexibility index (Phi) is 3.54. The molecule has 20 heavy (non-hydrogen) atoms. The predicted octanol–water partition coefficient (Wildman–Crippen LogP) is 3.55. The smallest absolute Gasteiger partial charge is 0.134 e. The number of nitrogens with two attached hydrogens (primary N) is 1. The summed E-state index contributed by atoms with van der Waals surface area (Å²) in [7, 11) is 0. The molecule has 1 aromatic heterocycles. The van der Waals surface area contributed by atoms with Crippen molar-refractivity contribution < 1.29 is 4.42 Å². The first kappa shape index (κ1) is 12.9. The zero-order valence-corrected chi connectivity index (χ0v) is 11.5. The van der Waals surface area contributed by atoms with Crippen molar-refractivity contribution in [3.63, 3.8) is 0 Å². The Morgan fingerprint density at radius 3 is 2.55 bits per heavy atom. The average molecular weight is 266 g/mol. The third kappa shape index (κ3) is 2.22. The van der Waals surface area contributed by atoms with Crippen molar-refractivity contribution in [2.75, 3.05) is 0 Å². The maximum absolute atomic E-state index is 5.77. The molecule has 0 saturated carbocycles. The van der Waals surface area contributed by atoms with Crippen LogP contribution in [-0.4, -0.2) is 0 Å². The number of hydrogen-bond donors (Lipinski definition) is 2. The summed E-state index contributed by atoms with van der Waals surface area (Å²) >= 11 is 0. The molecule has 0 saturated heterocycles. The van der Waals surface area contributed by atoms with Crippen molar-refractivity contribution in [2.24, 2.45) is 5.84 Å². The van der Waals surface area contributed by atoms with Gasteiger partial charge in [0.25, 0.3) is 0 Å². The van der Waals surface area contributed by atoms with E-state index < -0.39 is 0 Å². The number of hydrogen-bond acceptors (Lipinski definition) is 3. The standard InChI is InChI=1S/C17H18N2O/c1-2-12-7-9-13(10-8-12)17(19-18)15-11-20-16-6-4-3-5-14(15)16/h3-11,17,19H,2,18H2,1H3. The quantitative estimate of drug-likeness (QED) is 0.561. The van der Waals surface area contributed by atoms with E-state index in [1.165, 1.54) is 5.56 Å². The fraction of sp³-hybridized carbons (Fsp3) is 0.176. The fourth-order valence-corrected chi connectivity index (χ4v) is 2.53. The first-order valence-electron chi connectivity index (χ1n) is 6.84. The van der Waals surface area contributed by atoms with E-state index in [0.29, 0.717) is 0 Å². The minimum absolute atomic E-state index is 0.0652. The Morgan fingerprint density at radius 1 is 1.10 bits per heavy atom. The second-order valence-corrected chi connectivity index (χ2v) is 4.88. The second kappa shape index (κ2) is 5.49. The highest BCUT2D eigenvalue weighted by Gasteiger charge is 2.17. The molecule has 3 N–H and O–H groups in total. The molecule has 0 fully saturated rings. The van der Waals surface area contributed by atoms with Crippen LogP contribution in [0.5, 0.6) is 0 Å². The molecule has 1 heterocycles. The van der Waals surface area contributed by atoms with Gasteiger partial charge >= 0.3 is 0 Å². The van der Waals surface area contributed by atoms with Crippen LogP contribution >= 0.6 is 0 Å². The summed E-state index contributed by atoms with van der Waals surface area (Å²) in [6.45, 7) is 2.15. The van der Waals surface area contributed by atoms with Gasteiger partial charge in [0.15, 0.2) is 0 Å². The van der Waals surface area contributed by atoms with Crippen molar-refractivity contribution in [3.8, 4) is 0 Å². The van der Waals surface area contributed by atoms with E-state index in [1.54, 1.807) is 6.26 Å². The third-order valence-corrected chi connectivity index (χ3v) is 3.71. The maximum atomic E-state index is 5.77. The lowest BCUT2D eigenvalue weighted by Gasteiger charge is -2.15.